The topological polar surface area (TPSA) is 60.2 Å². The monoisotopic (exact) mass is 253 g/mol. The van der Waals surface area contributed by atoms with Gasteiger partial charge in [-0.15, -0.1) is 0 Å². The Morgan fingerprint density at radius 2 is 1.75 bits per heavy atom. The molecule has 90 valence electrons. The maximum Gasteiger partial charge on any atom is 0.181 e. The summed E-state index contributed by atoms with van der Waals surface area (Å²) < 4.78 is 62.0. The van der Waals surface area contributed by atoms with Gasteiger partial charge in [0.2, 0.25) is 0 Å². The van der Waals surface area contributed by atoms with Crippen LogP contribution in [0, 0.1) is 17.5 Å². The summed E-state index contributed by atoms with van der Waals surface area (Å²) in [6.07, 6.45) is 0.597. The lowest BCUT2D eigenvalue weighted by Gasteiger charge is -2.11. The van der Waals surface area contributed by atoms with Gasteiger partial charge in [-0.2, -0.15) is 0 Å². The van der Waals surface area contributed by atoms with Crippen LogP contribution in [0.1, 0.15) is 18.5 Å². The molecule has 7 heteroatoms. The van der Waals surface area contributed by atoms with Crippen molar-refractivity contribution in [3.63, 3.8) is 0 Å². The Morgan fingerprint density at radius 1 is 1.25 bits per heavy atom. The summed E-state index contributed by atoms with van der Waals surface area (Å²) in [5.41, 5.74) is 4.89. The third-order valence-electron chi connectivity index (χ3n) is 2.01. The summed E-state index contributed by atoms with van der Waals surface area (Å²) in [5.74, 6) is -4.50. The molecule has 0 fully saturated rings. The van der Waals surface area contributed by atoms with Crippen LogP contribution in [0.2, 0.25) is 0 Å². The van der Waals surface area contributed by atoms with Gasteiger partial charge in [-0.3, -0.25) is 0 Å². The number of nitrogens with two attached hydrogens (primary N) is 1. The highest BCUT2D eigenvalue weighted by Crippen LogP contribution is 2.26. The van der Waals surface area contributed by atoms with Crippen molar-refractivity contribution < 1.29 is 21.6 Å². The molecule has 2 N–H and O–H groups in total. The normalized spacial score (nSPS) is 13.9. The Kier molecular flexibility index (Phi) is 3.30. The van der Waals surface area contributed by atoms with Crippen molar-refractivity contribution in [3.8, 4) is 0 Å². The molecule has 1 atom stereocenters. The summed E-state index contributed by atoms with van der Waals surface area (Å²) in [6.45, 7) is 1.33. The highest BCUT2D eigenvalue weighted by molar-refractivity contribution is 7.90. The van der Waals surface area contributed by atoms with Crippen molar-refractivity contribution in [2.24, 2.45) is 5.73 Å². The van der Waals surface area contributed by atoms with Crippen molar-refractivity contribution in [2.75, 3.05) is 6.26 Å². The molecule has 0 heterocycles. The molecule has 0 aliphatic carbocycles. The van der Waals surface area contributed by atoms with Crippen LogP contribution in [0.25, 0.3) is 0 Å². The predicted octanol–water partition coefficient (Wildman–Crippen LogP) is 1.53. The van der Waals surface area contributed by atoms with Gasteiger partial charge >= 0.3 is 0 Å². The van der Waals surface area contributed by atoms with Gasteiger partial charge in [0, 0.05) is 17.9 Å². The fourth-order valence-corrected chi connectivity index (χ4v) is 2.10. The second-order valence-electron chi connectivity index (χ2n) is 3.47. The lowest BCUT2D eigenvalue weighted by molar-refractivity contribution is 0.446. The third kappa shape index (κ3) is 2.19. The fourth-order valence-electron chi connectivity index (χ4n) is 1.27. The lowest BCUT2D eigenvalue weighted by atomic mass is 10.1. The lowest BCUT2D eigenvalue weighted by Crippen LogP contribution is -2.14. The minimum atomic E-state index is -4.16. The Labute approximate surface area is 91.0 Å². The second kappa shape index (κ2) is 4.06. The molecule has 1 unspecified atom stereocenters. The van der Waals surface area contributed by atoms with E-state index in [4.69, 9.17) is 5.73 Å². The molecule has 1 aromatic carbocycles. The molecular weight excluding hydrogens is 243 g/mol. The summed E-state index contributed by atoms with van der Waals surface area (Å²) >= 11 is 0. The van der Waals surface area contributed by atoms with Gasteiger partial charge in [-0.05, 0) is 13.0 Å². The molecule has 1 aromatic rings. The van der Waals surface area contributed by atoms with Crippen LogP contribution in [-0.2, 0) is 9.84 Å². The van der Waals surface area contributed by atoms with Crippen LogP contribution in [0.15, 0.2) is 11.0 Å². The average Bonchev–Trinajstić information content (AvgIpc) is 2.08. The van der Waals surface area contributed by atoms with Gasteiger partial charge in [0.15, 0.2) is 21.5 Å². The van der Waals surface area contributed by atoms with Crippen LogP contribution >= 0.6 is 0 Å². The quantitative estimate of drug-likeness (QED) is 0.813. The first-order chi connectivity index (χ1) is 7.16. The Morgan fingerprint density at radius 3 is 2.12 bits per heavy atom. The number of hydrogen-bond acceptors (Lipinski definition) is 3. The fraction of sp³-hybridized carbons (Fsp3) is 0.333. The average molecular weight is 253 g/mol. The zero-order valence-electron chi connectivity index (χ0n) is 8.59. The Hall–Kier alpha value is -1.08. The molecule has 3 nitrogen and oxygen atoms in total. The van der Waals surface area contributed by atoms with Crippen molar-refractivity contribution in [3.05, 3.63) is 29.1 Å². The van der Waals surface area contributed by atoms with Crippen LogP contribution < -0.4 is 5.73 Å². The van der Waals surface area contributed by atoms with Crippen LogP contribution in [0.5, 0.6) is 0 Å². The molecule has 0 aliphatic heterocycles. The Bertz CT molecular complexity index is 526. The van der Waals surface area contributed by atoms with Crippen molar-refractivity contribution in [2.45, 2.75) is 17.9 Å². The first-order valence-electron chi connectivity index (χ1n) is 4.29. The van der Waals surface area contributed by atoms with E-state index in [0.29, 0.717) is 12.3 Å². The number of rotatable bonds is 2. The standard InChI is InChI=1S/C9H10F3NO2S/c1-4(13)5-3-6(10)9(16(2,14)15)8(12)7(5)11/h3-4H,13H2,1-2H3. The molecule has 0 saturated carbocycles. The molecule has 0 amide bonds. The van der Waals surface area contributed by atoms with Crippen molar-refractivity contribution >= 4 is 9.84 Å². The van der Waals surface area contributed by atoms with E-state index in [1.165, 1.54) is 6.92 Å². The van der Waals surface area contributed by atoms with E-state index in [1.54, 1.807) is 0 Å². The molecule has 0 radical (unpaired) electrons. The van der Waals surface area contributed by atoms with Crippen molar-refractivity contribution in [1.82, 2.24) is 0 Å². The highest BCUT2D eigenvalue weighted by Gasteiger charge is 2.26. The number of benzene rings is 1. The largest absolute Gasteiger partial charge is 0.324 e. The SMILES string of the molecule is CC(N)c1cc(F)c(S(C)(=O)=O)c(F)c1F. The zero-order valence-corrected chi connectivity index (χ0v) is 9.41. The molecular formula is C9H10F3NO2S. The Balaban J connectivity index is 3.66. The predicted molar refractivity (Wildman–Crippen MR) is 52.0 cm³/mol. The van der Waals surface area contributed by atoms with Gasteiger partial charge < -0.3 is 5.73 Å². The minimum Gasteiger partial charge on any atom is -0.324 e. The summed E-state index contributed by atoms with van der Waals surface area (Å²) in [6, 6.07) is -0.336. The van der Waals surface area contributed by atoms with Crippen molar-refractivity contribution in [1.29, 1.82) is 0 Å². The summed E-state index contributed by atoms with van der Waals surface area (Å²) in [5, 5.41) is 0. The van der Waals surface area contributed by atoms with Crippen LogP contribution in [-0.4, -0.2) is 14.7 Å². The molecule has 0 saturated heterocycles. The second-order valence-corrected chi connectivity index (χ2v) is 5.42. The maximum absolute atomic E-state index is 13.3. The van der Waals surface area contributed by atoms with E-state index in [1.807, 2.05) is 0 Å². The zero-order chi connectivity index (χ0) is 12.7. The number of sulfone groups is 1. The number of halogens is 3. The van der Waals surface area contributed by atoms with E-state index in [-0.39, 0.29) is 0 Å². The van der Waals surface area contributed by atoms with Gasteiger partial charge in [-0.1, -0.05) is 0 Å². The van der Waals surface area contributed by atoms with Gasteiger partial charge in [0.25, 0.3) is 0 Å². The van der Waals surface area contributed by atoms with E-state index < -0.39 is 43.8 Å². The van der Waals surface area contributed by atoms with E-state index >= 15 is 0 Å². The summed E-state index contributed by atoms with van der Waals surface area (Å²) in [7, 11) is -4.16. The van der Waals surface area contributed by atoms with E-state index in [2.05, 4.69) is 0 Å². The molecule has 0 aliphatic rings. The van der Waals surface area contributed by atoms with Crippen LogP contribution in [0.3, 0.4) is 0 Å². The van der Waals surface area contributed by atoms with Gasteiger partial charge in [0.1, 0.15) is 10.7 Å². The third-order valence-corrected chi connectivity index (χ3v) is 3.12. The summed E-state index contributed by atoms with van der Waals surface area (Å²) in [4.78, 5) is -1.27. The van der Waals surface area contributed by atoms with Gasteiger partial charge in [0.05, 0.1) is 0 Å². The molecule has 1 rings (SSSR count). The first-order valence-corrected chi connectivity index (χ1v) is 6.18. The molecule has 0 aromatic heterocycles. The molecule has 16 heavy (non-hydrogen) atoms. The maximum atomic E-state index is 13.3. The number of hydrogen-bond donors (Lipinski definition) is 1. The van der Waals surface area contributed by atoms with Gasteiger partial charge in [-0.25, -0.2) is 21.6 Å². The van der Waals surface area contributed by atoms with E-state index in [9.17, 15) is 21.6 Å². The first kappa shape index (κ1) is 13.0. The van der Waals surface area contributed by atoms with E-state index in [0.717, 1.165) is 0 Å². The minimum absolute atomic E-state index is 0.401. The molecule has 0 spiro atoms. The smallest absolute Gasteiger partial charge is 0.181 e. The highest BCUT2D eigenvalue weighted by atomic mass is 32.2. The van der Waals surface area contributed by atoms with Crippen LogP contribution in [0.4, 0.5) is 13.2 Å². The molecule has 0 bridgehead atoms.